The number of methoxy groups -OCH3 is 2. The molecule has 0 spiro atoms. The number of hydrogen-bond donors (Lipinski definition) is 1. The Labute approximate surface area is 261 Å². The van der Waals surface area contributed by atoms with Gasteiger partial charge in [0.05, 0.1) is 39.6 Å². The maximum Gasteiger partial charge on any atom is 0.227 e. The number of amides is 1. The number of hydrogen-bond acceptors (Lipinski definition) is 7. The van der Waals surface area contributed by atoms with E-state index in [1.165, 1.54) is 11.1 Å². The van der Waals surface area contributed by atoms with Crippen molar-refractivity contribution in [2.24, 2.45) is 0 Å². The van der Waals surface area contributed by atoms with Crippen LogP contribution in [0.5, 0.6) is 11.5 Å². The number of piperidine rings is 1. The van der Waals surface area contributed by atoms with Crippen molar-refractivity contribution in [3.63, 3.8) is 0 Å². The van der Waals surface area contributed by atoms with Gasteiger partial charge in [0.25, 0.3) is 0 Å². The van der Waals surface area contributed by atoms with Gasteiger partial charge in [0.2, 0.25) is 5.91 Å². The average Bonchev–Trinajstić information content (AvgIpc) is 3.07. The minimum atomic E-state index is 0.0615. The van der Waals surface area contributed by atoms with Gasteiger partial charge in [-0.2, -0.15) is 0 Å². The van der Waals surface area contributed by atoms with Gasteiger partial charge in [-0.25, -0.2) is 0 Å². The van der Waals surface area contributed by atoms with Crippen molar-refractivity contribution < 1.29 is 28.5 Å². The first-order valence-corrected chi connectivity index (χ1v) is 15.8. The molecular weight excluding hydrogens is 556 g/mol. The molecule has 236 valence electrons. The number of anilines is 1. The van der Waals surface area contributed by atoms with E-state index >= 15 is 0 Å². The Balaban J connectivity index is 1.10. The van der Waals surface area contributed by atoms with E-state index in [1.807, 2.05) is 29.2 Å². The number of carbonyl (C=O) groups is 1. The summed E-state index contributed by atoms with van der Waals surface area (Å²) in [5, 5.41) is 3.50. The topological polar surface area (TPSA) is 78.5 Å². The summed E-state index contributed by atoms with van der Waals surface area (Å²) in [6.45, 7) is 5.35. The molecule has 2 aliphatic heterocycles. The van der Waals surface area contributed by atoms with E-state index in [0.29, 0.717) is 51.9 Å². The van der Waals surface area contributed by atoms with Gasteiger partial charge < -0.3 is 33.9 Å². The monoisotopic (exact) mass is 602 g/mol. The predicted molar refractivity (Wildman–Crippen MR) is 172 cm³/mol. The van der Waals surface area contributed by atoms with E-state index in [4.69, 9.17) is 23.7 Å². The van der Waals surface area contributed by atoms with Crippen LogP contribution >= 0.6 is 0 Å². The summed E-state index contributed by atoms with van der Waals surface area (Å²) >= 11 is 0. The first-order chi connectivity index (χ1) is 21.7. The van der Waals surface area contributed by atoms with Crippen molar-refractivity contribution in [1.29, 1.82) is 0 Å². The number of fused-ring (bicyclic) bond motifs is 1. The van der Waals surface area contributed by atoms with Crippen LogP contribution in [-0.4, -0.2) is 65.7 Å². The molecule has 2 heterocycles. The molecule has 0 saturated carbocycles. The molecule has 3 aromatic carbocycles. The molecule has 1 fully saturated rings. The Morgan fingerprint density at radius 3 is 2.61 bits per heavy atom. The van der Waals surface area contributed by atoms with E-state index in [0.717, 1.165) is 67.1 Å². The maximum atomic E-state index is 12.7. The molecule has 8 heteroatoms. The normalized spacial score (nSPS) is 18.2. The lowest BCUT2D eigenvalue weighted by Gasteiger charge is -2.33. The maximum absolute atomic E-state index is 12.7. The van der Waals surface area contributed by atoms with Crippen molar-refractivity contribution in [2.45, 2.75) is 57.3 Å². The van der Waals surface area contributed by atoms with Crippen LogP contribution in [-0.2, 0) is 38.6 Å². The molecular formula is C36H46N2O6. The Morgan fingerprint density at radius 2 is 1.77 bits per heavy atom. The second-order valence-corrected chi connectivity index (χ2v) is 11.4. The zero-order valence-electron chi connectivity index (χ0n) is 26.1. The minimum absolute atomic E-state index is 0.0615. The van der Waals surface area contributed by atoms with Gasteiger partial charge in [-0.05, 0) is 66.8 Å². The van der Waals surface area contributed by atoms with E-state index in [-0.39, 0.29) is 12.0 Å². The first kappa shape index (κ1) is 32.0. The predicted octanol–water partition coefficient (Wildman–Crippen LogP) is 5.66. The third-order valence-corrected chi connectivity index (χ3v) is 8.43. The van der Waals surface area contributed by atoms with Crippen LogP contribution in [0.4, 0.5) is 5.69 Å². The van der Waals surface area contributed by atoms with Crippen molar-refractivity contribution in [1.82, 2.24) is 5.32 Å². The highest BCUT2D eigenvalue weighted by Gasteiger charge is 2.28. The number of nitrogens with one attached hydrogen (secondary N) is 1. The zero-order valence-corrected chi connectivity index (χ0v) is 26.1. The lowest BCUT2D eigenvalue weighted by atomic mass is 9.87. The number of para-hydroxylation sites is 1. The lowest BCUT2D eigenvalue weighted by molar-refractivity contribution is -0.118. The standard InChI is InChI=1S/C36H46N2O6/c1-40-20-5-19-38-33-23-27(9-10-29(33)13-16-36(38)39)25-44-35-24-37-18-17-32(35)28-11-14-31(15-12-28)43-22-6-21-42-26-30-7-3-4-8-34(30)41-2/h3-4,7-12,14-15,23,32,35,37H,5-6,13,16-22,24-26H2,1-2H3/t32-,35+/m1/s1. The number of rotatable bonds is 16. The number of benzene rings is 3. The van der Waals surface area contributed by atoms with Crippen LogP contribution < -0.4 is 19.7 Å². The third-order valence-electron chi connectivity index (χ3n) is 8.43. The van der Waals surface area contributed by atoms with E-state index in [2.05, 4.69) is 47.8 Å². The molecule has 0 bridgehead atoms. The molecule has 0 aromatic heterocycles. The number of aryl methyl sites for hydroxylation is 1. The van der Waals surface area contributed by atoms with Gasteiger partial charge in [0.1, 0.15) is 11.5 Å². The third kappa shape index (κ3) is 8.60. The molecule has 1 saturated heterocycles. The van der Waals surface area contributed by atoms with Crippen molar-refractivity contribution >= 4 is 11.6 Å². The Hall–Kier alpha value is -3.43. The molecule has 5 rings (SSSR count). The summed E-state index contributed by atoms with van der Waals surface area (Å²) in [5.74, 6) is 2.21. The van der Waals surface area contributed by atoms with Gasteiger partial charge in [-0.3, -0.25) is 4.79 Å². The van der Waals surface area contributed by atoms with Crippen LogP contribution in [0.1, 0.15) is 53.9 Å². The minimum Gasteiger partial charge on any atom is -0.496 e. The summed E-state index contributed by atoms with van der Waals surface area (Å²) in [6, 6.07) is 22.8. The Morgan fingerprint density at radius 1 is 0.909 bits per heavy atom. The highest BCUT2D eigenvalue weighted by Crippen LogP contribution is 2.32. The largest absolute Gasteiger partial charge is 0.496 e. The SMILES string of the molecule is COCCCN1C(=O)CCc2ccc(CO[C@H]3CNCC[C@@H]3c3ccc(OCCCOCc4ccccc4OC)cc3)cc21. The fourth-order valence-corrected chi connectivity index (χ4v) is 6.04. The summed E-state index contributed by atoms with van der Waals surface area (Å²) in [5.41, 5.74) is 5.66. The van der Waals surface area contributed by atoms with Gasteiger partial charge in [0, 0.05) is 56.8 Å². The molecule has 1 amide bonds. The molecule has 1 N–H and O–H groups in total. The summed E-state index contributed by atoms with van der Waals surface area (Å²) in [7, 11) is 3.37. The van der Waals surface area contributed by atoms with E-state index in [1.54, 1.807) is 14.2 Å². The van der Waals surface area contributed by atoms with Gasteiger partial charge in [0.15, 0.2) is 0 Å². The van der Waals surface area contributed by atoms with Gasteiger partial charge in [-0.1, -0.05) is 42.5 Å². The van der Waals surface area contributed by atoms with Crippen molar-refractivity contribution in [2.75, 3.05) is 58.6 Å². The first-order valence-electron chi connectivity index (χ1n) is 15.8. The molecule has 0 radical (unpaired) electrons. The number of carbonyl (C=O) groups excluding carboxylic acids is 1. The number of nitrogens with zero attached hydrogens (tertiary/aromatic N) is 1. The van der Waals surface area contributed by atoms with Gasteiger partial charge in [-0.15, -0.1) is 0 Å². The highest BCUT2D eigenvalue weighted by molar-refractivity contribution is 5.96. The summed E-state index contributed by atoms with van der Waals surface area (Å²) in [4.78, 5) is 14.6. The fraction of sp³-hybridized carbons (Fsp3) is 0.472. The molecule has 0 aliphatic carbocycles. The average molecular weight is 603 g/mol. The van der Waals surface area contributed by atoms with Gasteiger partial charge >= 0.3 is 0 Å². The molecule has 2 atom stereocenters. The van der Waals surface area contributed by atoms with Crippen molar-refractivity contribution in [3.8, 4) is 11.5 Å². The van der Waals surface area contributed by atoms with E-state index < -0.39 is 0 Å². The Bertz CT molecular complexity index is 1330. The van der Waals surface area contributed by atoms with Crippen LogP contribution in [0.25, 0.3) is 0 Å². The smallest absolute Gasteiger partial charge is 0.227 e. The number of ether oxygens (including phenoxy) is 5. The Kier molecular flexibility index (Phi) is 12.1. The summed E-state index contributed by atoms with van der Waals surface area (Å²) < 4.78 is 28.9. The molecule has 0 unspecified atom stereocenters. The molecule has 44 heavy (non-hydrogen) atoms. The van der Waals surface area contributed by atoms with E-state index in [9.17, 15) is 4.79 Å². The van der Waals surface area contributed by atoms with Crippen molar-refractivity contribution in [3.05, 3.63) is 89.0 Å². The lowest BCUT2D eigenvalue weighted by Crippen LogP contribution is -2.41. The van der Waals surface area contributed by atoms with Crippen LogP contribution in [0.2, 0.25) is 0 Å². The molecule has 3 aromatic rings. The second kappa shape index (κ2) is 16.6. The van der Waals surface area contributed by atoms with Crippen LogP contribution in [0.15, 0.2) is 66.7 Å². The fourth-order valence-electron chi connectivity index (χ4n) is 6.04. The quantitative estimate of drug-likeness (QED) is 0.212. The van der Waals surface area contributed by atoms with Crippen LogP contribution in [0.3, 0.4) is 0 Å². The zero-order chi connectivity index (χ0) is 30.6. The van der Waals surface area contributed by atoms with Crippen LogP contribution in [0, 0.1) is 0 Å². The highest BCUT2D eigenvalue weighted by atomic mass is 16.5. The molecule has 8 nitrogen and oxygen atoms in total. The molecule has 2 aliphatic rings. The summed E-state index contributed by atoms with van der Waals surface area (Å²) in [6.07, 6.45) is 4.06. The second-order valence-electron chi connectivity index (χ2n) is 11.4.